The molecule has 0 aliphatic rings. The number of rotatable bonds is 5. The zero-order valence-electron chi connectivity index (χ0n) is 13.7. The second-order valence-corrected chi connectivity index (χ2v) is 5.07. The van der Waals surface area contributed by atoms with Gasteiger partial charge in [-0.3, -0.25) is 20.2 Å². The van der Waals surface area contributed by atoms with Gasteiger partial charge in [-0.05, 0) is 6.07 Å². The number of hydrogen-bond donors (Lipinski definition) is 2. The van der Waals surface area contributed by atoms with E-state index in [4.69, 9.17) is 4.74 Å². The monoisotopic (exact) mass is 357 g/mol. The van der Waals surface area contributed by atoms with Crippen LogP contribution in [0, 0.1) is 10.1 Å². The fourth-order valence-corrected chi connectivity index (χ4v) is 2.06. The summed E-state index contributed by atoms with van der Waals surface area (Å²) in [5, 5.41) is 15.1. The summed E-state index contributed by atoms with van der Waals surface area (Å²) in [4.78, 5) is 46.2. The molecule has 0 saturated heterocycles. The van der Waals surface area contributed by atoms with Crippen molar-refractivity contribution < 1.29 is 24.0 Å². The van der Waals surface area contributed by atoms with Crippen LogP contribution in [-0.4, -0.2) is 29.9 Å². The third-order valence-electron chi connectivity index (χ3n) is 3.32. The lowest BCUT2D eigenvalue weighted by atomic mass is 10.1. The van der Waals surface area contributed by atoms with Crippen molar-refractivity contribution >= 4 is 23.6 Å². The third kappa shape index (κ3) is 4.63. The number of nitrogens with zero attached hydrogens (tertiary/aromatic N) is 1. The maximum Gasteiger partial charge on any atom is 0.339 e. The molecule has 0 aliphatic carbocycles. The van der Waals surface area contributed by atoms with Gasteiger partial charge in [0.25, 0.3) is 11.6 Å². The van der Waals surface area contributed by atoms with Gasteiger partial charge in [0.1, 0.15) is 0 Å². The third-order valence-corrected chi connectivity index (χ3v) is 3.32. The molecular weight excluding hydrogens is 342 g/mol. The molecule has 9 nitrogen and oxygen atoms in total. The summed E-state index contributed by atoms with van der Waals surface area (Å²) in [6, 6.07) is 12.2. The largest absolute Gasteiger partial charge is 0.444 e. The van der Waals surface area contributed by atoms with E-state index in [1.54, 1.807) is 30.3 Å². The summed E-state index contributed by atoms with van der Waals surface area (Å²) >= 11 is 0. The molecule has 0 spiro atoms. The van der Waals surface area contributed by atoms with Crippen molar-refractivity contribution in [3.63, 3.8) is 0 Å². The highest BCUT2D eigenvalue weighted by atomic mass is 16.6. The van der Waals surface area contributed by atoms with Crippen molar-refractivity contribution in [2.24, 2.45) is 0 Å². The van der Waals surface area contributed by atoms with Gasteiger partial charge in [0.15, 0.2) is 0 Å². The minimum Gasteiger partial charge on any atom is -0.444 e. The van der Waals surface area contributed by atoms with Gasteiger partial charge >= 0.3 is 12.0 Å². The van der Waals surface area contributed by atoms with Crippen LogP contribution >= 0.6 is 0 Å². The molecule has 0 aromatic heterocycles. The minimum absolute atomic E-state index is 0.0899. The lowest BCUT2D eigenvalue weighted by Crippen LogP contribution is -2.41. The number of non-ortho nitro benzene ring substituents is 1. The zero-order valence-corrected chi connectivity index (χ0v) is 13.7. The molecule has 0 unspecified atom stereocenters. The van der Waals surface area contributed by atoms with Gasteiger partial charge in [-0.2, -0.15) is 0 Å². The van der Waals surface area contributed by atoms with Crippen LogP contribution in [0.5, 0.6) is 0 Å². The van der Waals surface area contributed by atoms with Gasteiger partial charge in [-0.15, -0.1) is 0 Å². The highest BCUT2D eigenvalue weighted by molar-refractivity contribution is 5.99. The first-order chi connectivity index (χ1) is 12.4. The summed E-state index contributed by atoms with van der Waals surface area (Å²) in [5.41, 5.74) is -0.0360. The fourth-order valence-electron chi connectivity index (χ4n) is 2.06. The molecule has 2 aromatic carbocycles. The molecule has 9 heteroatoms. The van der Waals surface area contributed by atoms with Gasteiger partial charge in [0, 0.05) is 24.7 Å². The highest BCUT2D eigenvalue weighted by Crippen LogP contribution is 2.21. The number of amides is 3. The van der Waals surface area contributed by atoms with E-state index < -0.39 is 28.9 Å². The number of benzene rings is 2. The van der Waals surface area contributed by atoms with E-state index in [1.165, 1.54) is 25.2 Å². The van der Waals surface area contributed by atoms with E-state index in [0.717, 1.165) is 6.07 Å². The number of urea groups is 1. The van der Waals surface area contributed by atoms with E-state index in [0.29, 0.717) is 5.56 Å². The number of nitro benzene ring substituents is 1. The average Bonchev–Trinajstić information content (AvgIpc) is 2.66. The first-order valence-electron chi connectivity index (χ1n) is 7.45. The van der Waals surface area contributed by atoms with Crippen LogP contribution in [0.4, 0.5) is 10.5 Å². The molecule has 0 bridgehead atoms. The van der Waals surface area contributed by atoms with E-state index in [9.17, 15) is 24.5 Å². The molecule has 2 N–H and O–H groups in total. The Labute approximate surface area is 148 Å². The van der Waals surface area contributed by atoms with Crippen molar-refractivity contribution in [3.05, 3.63) is 75.8 Å². The Kier molecular flexibility index (Phi) is 5.99. The maximum absolute atomic E-state index is 12.3. The van der Waals surface area contributed by atoms with Gasteiger partial charge in [-0.1, -0.05) is 36.4 Å². The smallest absolute Gasteiger partial charge is 0.339 e. The molecular formula is C17H15N3O6. The summed E-state index contributed by atoms with van der Waals surface area (Å²) in [5.74, 6) is -1.79. The Hall–Kier alpha value is -3.75. The van der Waals surface area contributed by atoms with Crippen LogP contribution in [0.1, 0.15) is 22.0 Å². The number of nitrogens with one attached hydrogen (secondary N) is 2. The first-order valence-corrected chi connectivity index (χ1v) is 7.45. The average molecular weight is 357 g/mol. The van der Waals surface area contributed by atoms with Crippen LogP contribution in [0.25, 0.3) is 0 Å². The summed E-state index contributed by atoms with van der Waals surface area (Å²) in [6.07, 6.45) is -1.40. The second-order valence-electron chi connectivity index (χ2n) is 5.07. The molecule has 0 heterocycles. The number of ether oxygens (including phenoxy) is 1. The molecule has 2 aromatic rings. The predicted molar refractivity (Wildman–Crippen MR) is 90.3 cm³/mol. The van der Waals surface area contributed by atoms with Crippen LogP contribution in [-0.2, 0) is 9.53 Å². The summed E-state index contributed by atoms with van der Waals surface area (Å²) in [6.45, 7) is 0. The lowest BCUT2D eigenvalue weighted by Gasteiger charge is -2.17. The topological polar surface area (TPSA) is 128 Å². The SMILES string of the molecule is CNC(=O)NC(=O)[C@H](OC(=O)c1cccc([N+](=O)[O-])c1)c1ccccc1. The Morgan fingerprint density at radius 1 is 1.08 bits per heavy atom. The van der Waals surface area contributed by atoms with Crippen LogP contribution in [0.15, 0.2) is 54.6 Å². The number of carbonyl (C=O) groups excluding carboxylic acids is 3. The maximum atomic E-state index is 12.3. The lowest BCUT2D eigenvalue weighted by molar-refractivity contribution is -0.384. The van der Waals surface area contributed by atoms with Gasteiger partial charge < -0.3 is 10.1 Å². The zero-order chi connectivity index (χ0) is 19.1. The van der Waals surface area contributed by atoms with Crippen LogP contribution in [0.2, 0.25) is 0 Å². The van der Waals surface area contributed by atoms with Crippen LogP contribution in [0.3, 0.4) is 0 Å². The first kappa shape index (κ1) is 18.6. The van der Waals surface area contributed by atoms with Gasteiger partial charge in [0.05, 0.1) is 10.5 Å². The quantitative estimate of drug-likeness (QED) is 0.478. The Balaban J connectivity index is 2.27. The number of nitro groups is 1. The number of imide groups is 1. The Bertz CT molecular complexity index is 837. The number of hydrogen-bond acceptors (Lipinski definition) is 6. The molecule has 1 atom stereocenters. The minimum atomic E-state index is -1.40. The fraction of sp³-hybridized carbons (Fsp3) is 0.118. The van der Waals surface area contributed by atoms with E-state index in [2.05, 4.69) is 5.32 Å². The molecule has 0 radical (unpaired) electrons. The number of carbonyl (C=O) groups is 3. The van der Waals surface area contributed by atoms with E-state index >= 15 is 0 Å². The van der Waals surface area contributed by atoms with Gasteiger partial charge in [-0.25, -0.2) is 9.59 Å². The van der Waals surface area contributed by atoms with Crippen molar-refractivity contribution in [2.75, 3.05) is 7.05 Å². The molecule has 0 aliphatic heterocycles. The molecule has 2 rings (SSSR count). The van der Waals surface area contributed by atoms with E-state index in [-0.39, 0.29) is 11.3 Å². The predicted octanol–water partition coefficient (Wildman–Crippen LogP) is 1.95. The van der Waals surface area contributed by atoms with Crippen molar-refractivity contribution in [1.29, 1.82) is 0 Å². The van der Waals surface area contributed by atoms with Gasteiger partial charge in [0.2, 0.25) is 6.10 Å². The number of esters is 1. The second kappa shape index (κ2) is 8.38. The van der Waals surface area contributed by atoms with Crippen LogP contribution < -0.4 is 10.6 Å². The molecule has 0 saturated carbocycles. The molecule has 134 valence electrons. The molecule has 3 amide bonds. The van der Waals surface area contributed by atoms with Crippen molar-refractivity contribution in [3.8, 4) is 0 Å². The Morgan fingerprint density at radius 2 is 1.77 bits per heavy atom. The summed E-state index contributed by atoms with van der Waals surface area (Å²) < 4.78 is 5.21. The molecule has 0 fully saturated rings. The highest BCUT2D eigenvalue weighted by Gasteiger charge is 2.27. The summed E-state index contributed by atoms with van der Waals surface area (Å²) in [7, 11) is 1.33. The molecule has 26 heavy (non-hydrogen) atoms. The normalized spacial score (nSPS) is 11.1. The van der Waals surface area contributed by atoms with Crippen molar-refractivity contribution in [2.45, 2.75) is 6.10 Å². The standard InChI is InChI=1S/C17H15N3O6/c1-18-17(23)19-15(21)14(11-6-3-2-4-7-11)26-16(22)12-8-5-9-13(10-12)20(24)25/h2-10,14H,1H3,(H2,18,19,21,23)/t14-/m1/s1. The Morgan fingerprint density at radius 3 is 2.38 bits per heavy atom. The van der Waals surface area contributed by atoms with Crippen molar-refractivity contribution in [1.82, 2.24) is 10.6 Å². The van der Waals surface area contributed by atoms with E-state index in [1.807, 2.05) is 5.32 Å².